The highest BCUT2D eigenvalue weighted by Gasteiger charge is 2.51. The van der Waals surface area contributed by atoms with Crippen LogP contribution in [0, 0.1) is 11.3 Å². The van der Waals surface area contributed by atoms with E-state index >= 15 is 0 Å². The van der Waals surface area contributed by atoms with Gasteiger partial charge in [-0.25, -0.2) is 0 Å². The van der Waals surface area contributed by atoms with Crippen molar-refractivity contribution in [2.24, 2.45) is 11.3 Å². The van der Waals surface area contributed by atoms with E-state index in [-0.39, 0.29) is 5.41 Å². The number of carbonyl (C=O) groups is 1. The zero-order valence-corrected chi connectivity index (χ0v) is 11.6. The van der Waals surface area contributed by atoms with Crippen LogP contribution in [0.3, 0.4) is 0 Å². The summed E-state index contributed by atoms with van der Waals surface area (Å²) in [7, 11) is 0. The molecule has 2 aliphatic carbocycles. The van der Waals surface area contributed by atoms with Crippen LogP contribution in [0.25, 0.3) is 12.2 Å². The first-order chi connectivity index (χ1) is 9.12. The number of Topliss-reactive ketones (excluding diaryl/α,β-unsaturated/α-hetero) is 1. The molecule has 2 unspecified atom stereocenters. The quantitative estimate of drug-likeness (QED) is 0.709. The average Bonchev–Trinajstić information content (AvgIpc) is 2.89. The molecule has 2 bridgehead atoms. The van der Waals surface area contributed by atoms with E-state index in [1.54, 1.807) is 0 Å². The number of ketones is 1. The van der Waals surface area contributed by atoms with Gasteiger partial charge in [0.15, 0.2) is 5.78 Å². The van der Waals surface area contributed by atoms with Gasteiger partial charge < -0.3 is 0 Å². The number of hydrogen-bond acceptors (Lipinski definition) is 1. The Balaban J connectivity index is 1.88. The maximum Gasteiger partial charge on any atom is 0.165 e. The number of benzene rings is 1. The van der Waals surface area contributed by atoms with Crippen molar-refractivity contribution in [3.63, 3.8) is 0 Å². The van der Waals surface area contributed by atoms with Crippen molar-refractivity contribution < 1.29 is 4.79 Å². The van der Waals surface area contributed by atoms with Gasteiger partial charge in [0, 0.05) is 5.41 Å². The molecule has 1 nitrogen and oxygen atoms in total. The molecule has 0 aromatic heterocycles. The maximum atomic E-state index is 12.4. The fourth-order valence-corrected chi connectivity index (χ4v) is 3.51. The number of rotatable bonds is 2. The van der Waals surface area contributed by atoms with Crippen molar-refractivity contribution in [1.82, 2.24) is 0 Å². The standard InChI is InChI=1S/C18H20O/c1-3-4-13-5-7-14(8-6-13)11-16-15-9-10-18(2,12-15)17(16)19/h3-8,11,15H,9-10,12H2,1-2H3/b4-3?,16-11+. The van der Waals surface area contributed by atoms with E-state index in [1.165, 1.54) is 12.0 Å². The summed E-state index contributed by atoms with van der Waals surface area (Å²) in [4.78, 5) is 12.4. The predicted octanol–water partition coefficient (Wildman–Crippen LogP) is 4.49. The van der Waals surface area contributed by atoms with Gasteiger partial charge in [-0.2, -0.15) is 0 Å². The van der Waals surface area contributed by atoms with Crippen LogP contribution >= 0.6 is 0 Å². The smallest absolute Gasteiger partial charge is 0.165 e. The zero-order chi connectivity index (χ0) is 13.5. The van der Waals surface area contributed by atoms with Crippen LogP contribution in [0.15, 0.2) is 35.9 Å². The predicted molar refractivity (Wildman–Crippen MR) is 79.6 cm³/mol. The first-order valence-electron chi connectivity index (χ1n) is 7.11. The summed E-state index contributed by atoms with van der Waals surface area (Å²) < 4.78 is 0. The molecule has 19 heavy (non-hydrogen) atoms. The minimum absolute atomic E-state index is 0.0542. The van der Waals surface area contributed by atoms with Crippen LogP contribution in [0.5, 0.6) is 0 Å². The molecule has 2 fully saturated rings. The zero-order valence-electron chi connectivity index (χ0n) is 11.6. The first kappa shape index (κ1) is 12.4. The molecule has 0 spiro atoms. The van der Waals surface area contributed by atoms with Gasteiger partial charge in [-0.05, 0) is 54.9 Å². The van der Waals surface area contributed by atoms with Crippen LogP contribution in [0.2, 0.25) is 0 Å². The Hall–Kier alpha value is -1.63. The highest BCUT2D eigenvalue weighted by Crippen LogP contribution is 2.54. The molecule has 1 heteroatoms. The molecule has 2 atom stereocenters. The van der Waals surface area contributed by atoms with E-state index in [2.05, 4.69) is 43.3 Å². The molecule has 98 valence electrons. The van der Waals surface area contributed by atoms with Crippen LogP contribution in [0.1, 0.15) is 44.2 Å². The van der Waals surface area contributed by atoms with E-state index in [1.807, 2.05) is 13.0 Å². The van der Waals surface area contributed by atoms with E-state index in [4.69, 9.17) is 0 Å². The molecule has 2 aliphatic rings. The molecule has 0 N–H and O–H groups in total. The Morgan fingerprint density at radius 3 is 2.47 bits per heavy atom. The maximum absolute atomic E-state index is 12.4. The summed E-state index contributed by atoms with van der Waals surface area (Å²) in [5.74, 6) is 0.897. The van der Waals surface area contributed by atoms with Gasteiger partial charge in [-0.15, -0.1) is 0 Å². The third-order valence-electron chi connectivity index (χ3n) is 4.61. The van der Waals surface area contributed by atoms with Crippen molar-refractivity contribution >= 4 is 17.9 Å². The van der Waals surface area contributed by atoms with Crippen LogP contribution in [-0.2, 0) is 4.79 Å². The molecule has 3 rings (SSSR count). The Bertz CT molecular complexity index is 562. The van der Waals surface area contributed by atoms with Gasteiger partial charge in [-0.1, -0.05) is 43.3 Å². The van der Waals surface area contributed by atoms with Crippen molar-refractivity contribution in [2.45, 2.75) is 33.1 Å². The molecule has 1 aromatic carbocycles. The van der Waals surface area contributed by atoms with Crippen molar-refractivity contribution in [3.8, 4) is 0 Å². The van der Waals surface area contributed by atoms with Gasteiger partial charge in [0.25, 0.3) is 0 Å². The number of hydrogen-bond donors (Lipinski definition) is 0. The minimum Gasteiger partial charge on any atom is -0.294 e. The third kappa shape index (κ3) is 2.07. The number of fused-ring (bicyclic) bond motifs is 2. The highest BCUT2D eigenvalue weighted by atomic mass is 16.1. The summed E-state index contributed by atoms with van der Waals surface area (Å²) >= 11 is 0. The molecule has 1 aromatic rings. The Labute approximate surface area is 115 Å². The molecule has 0 heterocycles. The van der Waals surface area contributed by atoms with Crippen LogP contribution in [-0.4, -0.2) is 5.78 Å². The van der Waals surface area contributed by atoms with Crippen molar-refractivity contribution in [2.75, 3.05) is 0 Å². The number of carbonyl (C=O) groups excluding carboxylic acids is 1. The molecule has 0 saturated heterocycles. The molecule has 2 saturated carbocycles. The molecule has 0 aliphatic heterocycles. The topological polar surface area (TPSA) is 17.1 Å². The lowest BCUT2D eigenvalue weighted by atomic mass is 9.83. The van der Waals surface area contributed by atoms with Crippen molar-refractivity contribution in [3.05, 3.63) is 47.0 Å². The normalized spacial score (nSPS) is 31.8. The van der Waals surface area contributed by atoms with Crippen LogP contribution in [0.4, 0.5) is 0 Å². The average molecular weight is 252 g/mol. The van der Waals surface area contributed by atoms with E-state index < -0.39 is 0 Å². The third-order valence-corrected chi connectivity index (χ3v) is 4.61. The molecular formula is C18H20O. The summed E-state index contributed by atoms with van der Waals surface area (Å²) in [6.45, 7) is 4.15. The summed E-state index contributed by atoms with van der Waals surface area (Å²) in [5.41, 5.74) is 3.36. The fourth-order valence-electron chi connectivity index (χ4n) is 3.51. The van der Waals surface area contributed by atoms with Gasteiger partial charge in [0.1, 0.15) is 0 Å². The van der Waals surface area contributed by atoms with Crippen molar-refractivity contribution in [1.29, 1.82) is 0 Å². The summed E-state index contributed by atoms with van der Waals surface area (Å²) in [6, 6.07) is 8.41. The highest BCUT2D eigenvalue weighted by molar-refractivity contribution is 6.06. The lowest BCUT2D eigenvalue weighted by Crippen LogP contribution is -2.22. The second-order valence-electron chi connectivity index (χ2n) is 6.10. The van der Waals surface area contributed by atoms with E-state index in [9.17, 15) is 4.79 Å². The first-order valence-corrected chi connectivity index (χ1v) is 7.11. The monoisotopic (exact) mass is 252 g/mol. The Morgan fingerprint density at radius 1 is 1.21 bits per heavy atom. The lowest BCUT2D eigenvalue weighted by molar-refractivity contribution is -0.122. The SMILES string of the molecule is CC=Cc1ccc(/C=C2/C(=O)C3(C)CCC2C3)cc1. The van der Waals surface area contributed by atoms with Gasteiger partial charge in [0.05, 0.1) is 0 Å². The van der Waals surface area contributed by atoms with E-state index in [0.717, 1.165) is 24.0 Å². The summed E-state index contributed by atoms with van der Waals surface area (Å²) in [6.07, 6.45) is 9.55. The molecular weight excluding hydrogens is 232 g/mol. The largest absolute Gasteiger partial charge is 0.294 e. The van der Waals surface area contributed by atoms with Gasteiger partial charge >= 0.3 is 0 Å². The Morgan fingerprint density at radius 2 is 1.89 bits per heavy atom. The second kappa shape index (κ2) is 4.48. The van der Waals surface area contributed by atoms with Gasteiger partial charge in [-0.3, -0.25) is 4.79 Å². The lowest BCUT2D eigenvalue weighted by Gasteiger charge is -2.20. The minimum atomic E-state index is -0.0542. The van der Waals surface area contributed by atoms with Gasteiger partial charge in [0.2, 0.25) is 0 Å². The fraction of sp³-hybridized carbons (Fsp3) is 0.389. The van der Waals surface area contributed by atoms with Crippen LogP contribution < -0.4 is 0 Å². The van der Waals surface area contributed by atoms with E-state index in [0.29, 0.717) is 11.7 Å². The second-order valence-corrected chi connectivity index (χ2v) is 6.10. The Kier molecular flexibility index (Phi) is 2.93. The molecule has 0 amide bonds. The molecule has 0 radical (unpaired) electrons. The number of allylic oxidation sites excluding steroid dienone is 2. The summed E-state index contributed by atoms with van der Waals surface area (Å²) in [5, 5.41) is 0.